The van der Waals surface area contributed by atoms with Crippen LogP contribution in [0.5, 0.6) is 0 Å². The Kier molecular flexibility index (Phi) is 3.75. The van der Waals surface area contributed by atoms with Gasteiger partial charge in [-0.05, 0) is 66.1 Å². The van der Waals surface area contributed by atoms with Crippen LogP contribution in [0.15, 0.2) is 47.3 Å². The van der Waals surface area contributed by atoms with E-state index in [0.29, 0.717) is 23.3 Å². The zero-order chi connectivity index (χ0) is 17.8. The molecule has 0 amide bonds. The molecule has 25 heavy (non-hydrogen) atoms. The summed E-state index contributed by atoms with van der Waals surface area (Å²) in [4.78, 5) is 23.3. The molecular weight excluding hydrogens is 316 g/mol. The van der Waals surface area contributed by atoms with Crippen molar-refractivity contribution in [3.05, 3.63) is 47.3 Å². The fourth-order valence-corrected chi connectivity index (χ4v) is 5.86. The average molecular weight is 340 g/mol. The summed E-state index contributed by atoms with van der Waals surface area (Å²) in [7, 11) is 0. The Labute approximate surface area is 147 Å². The molecule has 0 aromatic carbocycles. The van der Waals surface area contributed by atoms with Crippen molar-refractivity contribution in [2.24, 2.45) is 29.1 Å². The first-order valence-electron chi connectivity index (χ1n) is 9.15. The van der Waals surface area contributed by atoms with Gasteiger partial charge in [0.05, 0.1) is 12.7 Å². The summed E-state index contributed by atoms with van der Waals surface area (Å²) in [5, 5.41) is 18.8. The number of carbonyl (C=O) groups excluding carboxylic acids is 1. The van der Waals surface area contributed by atoms with Crippen LogP contribution in [0.1, 0.15) is 39.0 Å². The van der Waals surface area contributed by atoms with Crippen molar-refractivity contribution in [3.63, 3.8) is 0 Å². The molecule has 4 heteroatoms. The van der Waals surface area contributed by atoms with Crippen molar-refractivity contribution in [2.45, 2.75) is 39.0 Å². The number of aliphatic hydroxyl groups is 1. The molecule has 2 fully saturated rings. The van der Waals surface area contributed by atoms with E-state index in [9.17, 15) is 14.7 Å². The van der Waals surface area contributed by atoms with Gasteiger partial charge < -0.3 is 10.2 Å². The van der Waals surface area contributed by atoms with Crippen LogP contribution in [0.2, 0.25) is 0 Å². The Balaban J connectivity index is 1.73. The van der Waals surface area contributed by atoms with Crippen molar-refractivity contribution in [3.8, 4) is 0 Å². The van der Waals surface area contributed by atoms with Gasteiger partial charge in [-0.1, -0.05) is 25.2 Å². The third-order valence-electron chi connectivity index (χ3n) is 7.14. The van der Waals surface area contributed by atoms with E-state index < -0.39 is 5.97 Å². The summed E-state index contributed by atoms with van der Waals surface area (Å²) in [6, 6.07) is 0. The maximum atomic E-state index is 12.2. The van der Waals surface area contributed by atoms with Gasteiger partial charge in [0.15, 0.2) is 5.78 Å². The van der Waals surface area contributed by atoms with Gasteiger partial charge in [-0.3, -0.25) is 9.59 Å². The van der Waals surface area contributed by atoms with Crippen molar-refractivity contribution in [2.75, 3.05) is 0 Å². The smallest absolute Gasteiger partial charge is 0.307 e. The molecule has 5 atom stereocenters. The second kappa shape index (κ2) is 5.72. The molecule has 4 nitrogen and oxygen atoms in total. The van der Waals surface area contributed by atoms with E-state index in [1.165, 1.54) is 11.8 Å². The molecule has 0 unspecified atom stereocenters. The van der Waals surface area contributed by atoms with E-state index in [2.05, 4.69) is 13.0 Å². The molecule has 0 saturated heterocycles. The number of rotatable bonds is 2. The zero-order valence-electron chi connectivity index (χ0n) is 14.4. The fraction of sp³-hybridized carbons (Fsp3) is 0.524. The van der Waals surface area contributed by atoms with Crippen molar-refractivity contribution in [1.82, 2.24) is 0 Å². The largest absolute Gasteiger partial charge is 0.516 e. The molecule has 0 bridgehead atoms. The zero-order valence-corrected chi connectivity index (χ0v) is 14.4. The number of fused-ring (bicyclic) bond motifs is 5. The second-order valence-corrected chi connectivity index (χ2v) is 8.11. The fourth-order valence-electron chi connectivity index (χ4n) is 5.86. The summed E-state index contributed by atoms with van der Waals surface area (Å²) in [5.74, 6) is 0.386. The number of ketones is 1. The van der Waals surface area contributed by atoms with Gasteiger partial charge in [0, 0.05) is 11.5 Å². The molecule has 0 aliphatic heterocycles. The van der Waals surface area contributed by atoms with E-state index in [1.54, 1.807) is 6.08 Å². The van der Waals surface area contributed by atoms with Crippen LogP contribution in [-0.2, 0) is 9.59 Å². The second-order valence-electron chi connectivity index (χ2n) is 8.11. The standard InChI is InChI=1S/C21H24O4/c1-21-9-8-15-13-5-7-19(23)17(10-20(24)25)14(13)3-4-16(15)18(21)6-2-12(21)11-22/h3-5,7,11,13,15-16,18,22H,2,6,8-10H2,1H3,(H,24,25)/t13-,15+,16+,18-,21+/m0/s1. The van der Waals surface area contributed by atoms with Gasteiger partial charge in [0.25, 0.3) is 0 Å². The Morgan fingerprint density at radius 2 is 2.12 bits per heavy atom. The first-order valence-corrected chi connectivity index (χ1v) is 9.15. The number of carboxylic acids is 1. The minimum Gasteiger partial charge on any atom is -0.516 e. The van der Waals surface area contributed by atoms with Gasteiger partial charge in [0.1, 0.15) is 0 Å². The third kappa shape index (κ3) is 2.34. The molecule has 0 radical (unpaired) electrons. The van der Waals surface area contributed by atoms with E-state index in [1.807, 2.05) is 12.2 Å². The lowest BCUT2D eigenvalue weighted by atomic mass is 9.54. The molecule has 4 rings (SSSR count). The summed E-state index contributed by atoms with van der Waals surface area (Å²) < 4.78 is 0. The van der Waals surface area contributed by atoms with Crippen LogP contribution in [0.3, 0.4) is 0 Å². The minimum atomic E-state index is -0.954. The van der Waals surface area contributed by atoms with Crippen LogP contribution >= 0.6 is 0 Å². The van der Waals surface area contributed by atoms with Crippen molar-refractivity contribution < 1.29 is 19.8 Å². The lowest BCUT2D eigenvalue weighted by Gasteiger charge is -2.50. The molecule has 2 N–H and O–H groups in total. The first-order chi connectivity index (χ1) is 12.0. The third-order valence-corrected chi connectivity index (χ3v) is 7.14. The molecule has 0 aromatic heterocycles. The van der Waals surface area contributed by atoms with Crippen LogP contribution in [0, 0.1) is 29.1 Å². The first kappa shape index (κ1) is 16.4. The quantitative estimate of drug-likeness (QED) is 0.746. The monoisotopic (exact) mass is 340 g/mol. The molecule has 0 heterocycles. The van der Waals surface area contributed by atoms with E-state index in [0.717, 1.165) is 31.3 Å². The Bertz CT molecular complexity index is 754. The number of allylic oxidation sites excluding steroid dienone is 6. The molecule has 132 valence electrons. The highest BCUT2D eigenvalue weighted by Crippen LogP contribution is 2.61. The van der Waals surface area contributed by atoms with E-state index in [-0.39, 0.29) is 23.5 Å². The molecular formula is C21H24O4. The predicted molar refractivity (Wildman–Crippen MR) is 93.8 cm³/mol. The summed E-state index contributed by atoms with van der Waals surface area (Å²) in [6.07, 6.45) is 13.0. The lowest BCUT2D eigenvalue weighted by Crippen LogP contribution is -2.43. The number of hydrogen-bond donors (Lipinski definition) is 2. The molecule has 0 spiro atoms. The van der Waals surface area contributed by atoms with Crippen LogP contribution in [0.4, 0.5) is 0 Å². The normalized spacial score (nSPS) is 40.8. The summed E-state index contributed by atoms with van der Waals surface area (Å²) in [5.41, 5.74) is 2.60. The highest BCUT2D eigenvalue weighted by molar-refractivity contribution is 6.08. The molecule has 4 aliphatic carbocycles. The Morgan fingerprint density at radius 3 is 2.84 bits per heavy atom. The van der Waals surface area contributed by atoms with Crippen molar-refractivity contribution >= 4 is 11.8 Å². The minimum absolute atomic E-state index is 0.0690. The molecule has 0 aromatic rings. The highest BCUT2D eigenvalue weighted by atomic mass is 16.4. The van der Waals surface area contributed by atoms with Gasteiger partial charge in [-0.15, -0.1) is 0 Å². The predicted octanol–water partition coefficient (Wildman–Crippen LogP) is 3.97. The van der Waals surface area contributed by atoms with Gasteiger partial charge >= 0.3 is 5.97 Å². The van der Waals surface area contributed by atoms with Gasteiger partial charge in [-0.25, -0.2) is 0 Å². The van der Waals surface area contributed by atoms with Crippen LogP contribution < -0.4 is 0 Å². The van der Waals surface area contributed by atoms with Gasteiger partial charge in [-0.2, -0.15) is 0 Å². The average Bonchev–Trinajstić information content (AvgIpc) is 2.93. The Hall–Kier alpha value is -2.10. The molecule has 4 aliphatic rings. The number of aliphatic hydroxyl groups excluding tert-OH is 1. The van der Waals surface area contributed by atoms with Crippen molar-refractivity contribution in [1.29, 1.82) is 0 Å². The van der Waals surface area contributed by atoms with E-state index >= 15 is 0 Å². The SMILES string of the molecule is C[C@]12CC[C@H]3[C@@H](C=CC4=C(CC(=O)O)C(=O)C=C[C@@H]43)[C@@H]1CCC2=CO. The maximum Gasteiger partial charge on any atom is 0.307 e. The van der Waals surface area contributed by atoms with Gasteiger partial charge in [0.2, 0.25) is 0 Å². The number of carbonyl (C=O) groups is 2. The van der Waals surface area contributed by atoms with Crippen LogP contribution in [0.25, 0.3) is 0 Å². The molecule has 2 saturated carbocycles. The number of carboxylic acid groups (broad SMARTS) is 1. The van der Waals surface area contributed by atoms with Crippen LogP contribution in [-0.4, -0.2) is 22.0 Å². The van der Waals surface area contributed by atoms with E-state index in [4.69, 9.17) is 5.11 Å². The maximum absolute atomic E-state index is 12.2. The topological polar surface area (TPSA) is 74.6 Å². The highest BCUT2D eigenvalue weighted by Gasteiger charge is 2.53. The summed E-state index contributed by atoms with van der Waals surface area (Å²) in [6.45, 7) is 2.28. The Morgan fingerprint density at radius 1 is 1.32 bits per heavy atom. The lowest BCUT2D eigenvalue weighted by molar-refractivity contribution is -0.136. The summed E-state index contributed by atoms with van der Waals surface area (Å²) >= 11 is 0. The number of aliphatic carboxylic acids is 1. The number of hydrogen-bond acceptors (Lipinski definition) is 3.